The Morgan fingerprint density at radius 1 is 1.44 bits per heavy atom. The maximum Gasteiger partial charge on any atom is 0.341 e. The van der Waals surface area contributed by atoms with Crippen molar-refractivity contribution < 1.29 is 19.0 Å². The molecular formula is C19H23FN2O3. The van der Waals surface area contributed by atoms with Crippen molar-refractivity contribution in [3.63, 3.8) is 0 Å². The van der Waals surface area contributed by atoms with Crippen LogP contribution in [0.4, 0.5) is 10.1 Å². The van der Waals surface area contributed by atoms with E-state index in [2.05, 4.69) is 9.88 Å². The van der Waals surface area contributed by atoms with E-state index in [9.17, 15) is 14.3 Å². The summed E-state index contributed by atoms with van der Waals surface area (Å²) in [4.78, 5) is 18.8. The highest BCUT2D eigenvalue weighted by Crippen LogP contribution is 2.34. The third-order valence-corrected chi connectivity index (χ3v) is 4.83. The van der Waals surface area contributed by atoms with Gasteiger partial charge in [0.15, 0.2) is 0 Å². The quantitative estimate of drug-likeness (QED) is 0.862. The average molecular weight is 346 g/mol. The molecule has 1 fully saturated rings. The monoisotopic (exact) mass is 346 g/mol. The maximum atomic E-state index is 13.8. The van der Waals surface area contributed by atoms with Crippen LogP contribution in [0, 0.1) is 11.7 Å². The number of hydrogen-bond acceptors (Lipinski definition) is 5. The van der Waals surface area contributed by atoms with Gasteiger partial charge in [-0.25, -0.2) is 9.18 Å². The Hall–Kier alpha value is -2.21. The smallest absolute Gasteiger partial charge is 0.341 e. The highest BCUT2D eigenvalue weighted by Gasteiger charge is 2.27. The Morgan fingerprint density at radius 2 is 2.16 bits per heavy atom. The van der Waals surface area contributed by atoms with E-state index < -0.39 is 5.97 Å². The van der Waals surface area contributed by atoms with Crippen LogP contribution in [0.1, 0.15) is 37.0 Å². The molecule has 1 saturated heterocycles. The van der Waals surface area contributed by atoms with E-state index in [-0.39, 0.29) is 24.4 Å². The highest BCUT2D eigenvalue weighted by atomic mass is 19.1. The average Bonchev–Trinajstić information content (AvgIpc) is 2.61. The number of piperidine rings is 1. The summed E-state index contributed by atoms with van der Waals surface area (Å²) in [5, 5.41) is 10.4. The number of aliphatic hydroxyl groups is 1. The second kappa shape index (κ2) is 7.35. The Bertz CT molecular complexity index is 771. The molecule has 0 aliphatic carbocycles. The van der Waals surface area contributed by atoms with E-state index in [1.165, 1.54) is 18.3 Å². The summed E-state index contributed by atoms with van der Waals surface area (Å²) >= 11 is 0. The van der Waals surface area contributed by atoms with Gasteiger partial charge < -0.3 is 14.7 Å². The number of carbonyl (C=O) groups excluding carboxylic acids is 1. The number of aromatic nitrogens is 1. The lowest BCUT2D eigenvalue weighted by Gasteiger charge is -2.36. The topological polar surface area (TPSA) is 62.7 Å². The van der Waals surface area contributed by atoms with Crippen LogP contribution in [0.5, 0.6) is 0 Å². The van der Waals surface area contributed by atoms with Crippen LogP contribution < -0.4 is 4.90 Å². The standard InChI is InChI=1S/C19H23FN2O3/c1-3-25-19(24)16-11-21-17-5-4-14(20)10-15(17)18(16)22-8-6-13(7-9-22)12(2)23/h4-5,10-13,23H,3,6-9H2,1-2H3. The van der Waals surface area contributed by atoms with E-state index in [1.807, 2.05) is 6.92 Å². The van der Waals surface area contributed by atoms with Crippen LogP contribution in [0.15, 0.2) is 24.4 Å². The highest BCUT2D eigenvalue weighted by molar-refractivity contribution is 6.05. The molecule has 1 N–H and O–H groups in total. The Labute approximate surface area is 146 Å². The minimum absolute atomic E-state index is 0.243. The summed E-state index contributed by atoms with van der Waals surface area (Å²) in [6.07, 6.45) is 2.80. The molecule has 2 aromatic rings. The van der Waals surface area contributed by atoms with Gasteiger partial charge in [-0.05, 0) is 50.8 Å². The van der Waals surface area contributed by atoms with E-state index >= 15 is 0 Å². The van der Waals surface area contributed by atoms with Gasteiger partial charge in [-0.3, -0.25) is 4.98 Å². The third-order valence-electron chi connectivity index (χ3n) is 4.83. The van der Waals surface area contributed by atoms with Crippen molar-refractivity contribution in [3.8, 4) is 0 Å². The largest absolute Gasteiger partial charge is 0.462 e. The molecule has 1 atom stereocenters. The lowest BCUT2D eigenvalue weighted by molar-refractivity contribution is 0.0526. The number of nitrogens with zero attached hydrogens (tertiary/aromatic N) is 2. The Kier molecular flexibility index (Phi) is 5.18. The van der Waals surface area contributed by atoms with Crippen LogP contribution >= 0.6 is 0 Å². The zero-order valence-corrected chi connectivity index (χ0v) is 14.5. The molecule has 1 aromatic carbocycles. The van der Waals surface area contributed by atoms with Crippen molar-refractivity contribution >= 4 is 22.6 Å². The molecule has 134 valence electrons. The van der Waals surface area contributed by atoms with Crippen molar-refractivity contribution in [1.82, 2.24) is 4.98 Å². The first-order chi connectivity index (χ1) is 12.0. The molecule has 2 heterocycles. The second-order valence-electron chi connectivity index (χ2n) is 6.47. The van der Waals surface area contributed by atoms with Crippen LogP contribution in [0.25, 0.3) is 10.9 Å². The van der Waals surface area contributed by atoms with E-state index in [0.717, 1.165) is 12.8 Å². The van der Waals surface area contributed by atoms with E-state index in [4.69, 9.17) is 4.74 Å². The lowest BCUT2D eigenvalue weighted by atomic mass is 9.91. The van der Waals surface area contributed by atoms with Crippen LogP contribution in [0.2, 0.25) is 0 Å². The molecule has 1 aliphatic heterocycles. The van der Waals surface area contributed by atoms with Crippen molar-refractivity contribution in [1.29, 1.82) is 0 Å². The van der Waals surface area contributed by atoms with Gasteiger partial charge in [-0.1, -0.05) is 0 Å². The summed E-state index contributed by atoms with van der Waals surface area (Å²) in [5.41, 5.74) is 1.67. The molecule has 1 unspecified atom stereocenters. The van der Waals surface area contributed by atoms with E-state index in [0.29, 0.717) is 35.2 Å². The fourth-order valence-corrected chi connectivity index (χ4v) is 3.46. The maximum absolute atomic E-state index is 13.8. The van der Waals surface area contributed by atoms with Gasteiger partial charge in [0.05, 0.1) is 23.9 Å². The number of pyridine rings is 1. The number of carbonyl (C=O) groups is 1. The van der Waals surface area contributed by atoms with Crippen molar-refractivity contribution in [3.05, 3.63) is 35.8 Å². The van der Waals surface area contributed by atoms with Gasteiger partial charge in [-0.2, -0.15) is 0 Å². The zero-order chi connectivity index (χ0) is 18.0. The van der Waals surface area contributed by atoms with Gasteiger partial charge in [-0.15, -0.1) is 0 Å². The summed E-state index contributed by atoms with van der Waals surface area (Å²) in [6, 6.07) is 4.40. The summed E-state index contributed by atoms with van der Waals surface area (Å²) in [5.74, 6) is -0.573. The number of hydrogen-bond donors (Lipinski definition) is 1. The number of ether oxygens (including phenoxy) is 1. The molecule has 0 amide bonds. The molecule has 0 saturated carbocycles. The predicted octanol–water partition coefficient (Wildman–Crippen LogP) is 3.15. The van der Waals surface area contributed by atoms with Crippen LogP contribution in [-0.4, -0.2) is 41.9 Å². The lowest BCUT2D eigenvalue weighted by Crippen LogP contribution is -2.38. The van der Waals surface area contributed by atoms with Gasteiger partial charge in [0, 0.05) is 24.7 Å². The molecule has 1 aromatic heterocycles. The summed E-state index contributed by atoms with van der Waals surface area (Å²) in [6.45, 7) is 5.21. The van der Waals surface area contributed by atoms with Crippen molar-refractivity contribution in [2.45, 2.75) is 32.8 Å². The first-order valence-electron chi connectivity index (χ1n) is 8.69. The van der Waals surface area contributed by atoms with Gasteiger partial charge in [0.25, 0.3) is 0 Å². The number of esters is 1. The molecular weight excluding hydrogens is 323 g/mol. The first-order valence-corrected chi connectivity index (χ1v) is 8.69. The fraction of sp³-hybridized carbons (Fsp3) is 0.474. The van der Waals surface area contributed by atoms with Gasteiger partial charge in [0.1, 0.15) is 11.4 Å². The molecule has 0 bridgehead atoms. The van der Waals surface area contributed by atoms with Crippen LogP contribution in [0.3, 0.4) is 0 Å². The van der Waals surface area contributed by atoms with Gasteiger partial charge >= 0.3 is 5.97 Å². The summed E-state index contributed by atoms with van der Waals surface area (Å²) in [7, 11) is 0. The molecule has 1 aliphatic rings. The molecule has 0 radical (unpaired) electrons. The van der Waals surface area contributed by atoms with Gasteiger partial charge in [0.2, 0.25) is 0 Å². The molecule has 5 nitrogen and oxygen atoms in total. The predicted molar refractivity (Wildman–Crippen MR) is 94.3 cm³/mol. The van der Waals surface area contributed by atoms with Crippen LogP contribution in [-0.2, 0) is 4.74 Å². The molecule has 3 rings (SSSR count). The fourth-order valence-electron chi connectivity index (χ4n) is 3.46. The molecule has 0 spiro atoms. The minimum Gasteiger partial charge on any atom is -0.462 e. The molecule has 25 heavy (non-hydrogen) atoms. The normalized spacial score (nSPS) is 16.9. The second-order valence-corrected chi connectivity index (χ2v) is 6.47. The van der Waals surface area contributed by atoms with E-state index in [1.54, 1.807) is 13.0 Å². The SMILES string of the molecule is CCOC(=O)c1cnc2ccc(F)cc2c1N1CCC(C(C)O)CC1. The number of benzene rings is 1. The number of anilines is 1. The number of rotatable bonds is 4. The van der Waals surface area contributed by atoms with Crippen molar-refractivity contribution in [2.24, 2.45) is 5.92 Å². The number of aliphatic hydroxyl groups excluding tert-OH is 1. The first kappa shape index (κ1) is 17.6. The third kappa shape index (κ3) is 3.58. The zero-order valence-electron chi connectivity index (χ0n) is 14.5. The minimum atomic E-state index is -0.450. The summed E-state index contributed by atoms with van der Waals surface area (Å²) < 4.78 is 19.0. The molecule has 6 heteroatoms. The van der Waals surface area contributed by atoms with Crippen molar-refractivity contribution in [2.75, 3.05) is 24.6 Å². The number of fused-ring (bicyclic) bond motifs is 1. The number of halogens is 1. The Morgan fingerprint density at radius 3 is 2.80 bits per heavy atom. The Balaban J connectivity index is 2.05.